The van der Waals surface area contributed by atoms with E-state index in [1.165, 1.54) is 44.4 Å². The number of carbonyl (C=O) groups excluding carboxylic acids is 3. The molecule has 0 radical (unpaired) electrons. The Bertz CT molecular complexity index is 1860. The number of nitrogens with one attached hydrogen (secondary N) is 2. The summed E-state index contributed by atoms with van der Waals surface area (Å²) in [7, 11) is -1.72. The van der Waals surface area contributed by atoms with Crippen molar-refractivity contribution in [3.8, 4) is 5.75 Å². The standard InChI is InChI=1S/C31H32F2N4O10S/c1-4-48(43,44)25-10-7-18(35-30(40)46-3)15-19(25)27-23(47-31(41)42)11-12-37(27)29(39)26(16-5-9-21(33)24(14-16)45-2)36-22-13-17(28(34)38)6-8-20(22)32/h5-10,13-15,23,26-27,36H,4,11-12H2,1-3H3,(H2,34,38)(H,35,40)(H,41,42)/t23?,26-,27+/m0/s1. The Hall–Kier alpha value is -5.45. The average molecular weight is 691 g/mol. The summed E-state index contributed by atoms with van der Waals surface area (Å²) in [6.45, 7) is 1.21. The zero-order valence-corrected chi connectivity index (χ0v) is 26.7. The smallest absolute Gasteiger partial charge is 0.494 e. The quantitative estimate of drug-likeness (QED) is 0.210. The first-order valence-corrected chi connectivity index (χ1v) is 16.0. The molecule has 17 heteroatoms. The van der Waals surface area contributed by atoms with E-state index in [0.717, 1.165) is 36.3 Å². The third kappa shape index (κ3) is 7.57. The van der Waals surface area contributed by atoms with Gasteiger partial charge in [-0.2, -0.15) is 0 Å². The fourth-order valence-corrected chi connectivity index (χ4v) is 6.48. The number of ether oxygens (including phenoxy) is 3. The number of methoxy groups -OCH3 is 2. The third-order valence-corrected chi connectivity index (χ3v) is 9.46. The Balaban J connectivity index is 1.92. The SMILES string of the molecule is CCS(=O)(=O)c1ccc(NC(=O)OC)cc1[C@@H]1C(OC(=O)O)CCN1C(=O)[C@@H](Nc1cc(C(N)=O)ccc1F)c1ccc(F)c(OC)c1. The largest absolute Gasteiger partial charge is 0.506 e. The van der Waals surface area contributed by atoms with Gasteiger partial charge < -0.3 is 35.3 Å². The molecule has 5 N–H and O–H groups in total. The molecular weight excluding hydrogens is 658 g/mol. The van der Waals surface area contributed by atoms with Gasteiger partial charge in [-0.15, -0.1) is 0 Å². The van der Waals surface area contributed by atoms with Crippen molar-refractivity contribution < 1.29 is 55.7 Å². The Morgan fingerprint density at radius 3 is 2.38 bits per heavy atom. The molecule has 1 fully saturated rings. The lowest BCUT2D eigenvalue weighted by Gasteiger charge is -2.33. The highest BCUT2D eigenvalue weighted by Crippen LogP contribution is 2.41. The van der Waals surface area contributed by atoms with Crippen molar-refractivity contribution in [2.24, 2.45) is 5.73 Å². The first-order chi connectivity index (χ1) is 22.7. The predicted molar refractivity (Wildman–Crippen MR) is 166 cm³/mol. The molecule has 1 unspecified atom stereocenters. The molecule has 3 aromatic rings. The minimum Gasteiger partial charge on any atom is -0.494 e. The molecule has 0 aliphatic carbocycles. The molecule has 0 bridgehead atoms. The highest BCUT2D eigenvalue weighted by Gasteiger charge is 2.45. The normalized spacial score (nSPS) is 16.5. The predicted octanol–water partition coefficient (Wildman–Crippen LogP) is 4.23. The van der Waals surface area contributed by atoms with Gasteiger partial charge in [0, 0.05) is 24.2 Å². The summed E-state index contributed by atoms with van der Waals surface area (Å²) in [6, 6.07) is 7.39. The maximum Gasteiger partial charge on any atom is 0.506 e. The number of benzene rings is 3. The van der Waals surface area contributed by atoms with Crippen LogP contribution in [0.1, 0.15) is 46.9 Å². The lowest BCUT2D eigenvalue weighted by molar-refractivity contribution is -0.134. The molecule has 4 rings (SSSR count). The number of primary amides is 1. The number of rotatable bonds is 11. The topological polar surface area (TPSA) is 204 Å². The molecule has 0 spiro atoms. The van der Waals surface area contributed by atoms with E-state index in [0.29, 0.717) is 0 Å². The summed E-state index contributed by atoms with van der Waals surface area (Å²) in [5.74, 6) is -4.02. The highest BCUT2D eigenvalue weighted by molar-refractivity contribution is 7.91. The second-order valence-corrected chi connectivity index (χ2v) is 12.7. The first kappa shape index (κ1) is 35.4. The summed E-state index contributed by atoms with van der Waals surface area (Å²) in [5, 5.41) is 14.7. The van der Waals surface area contributed by atoms with Crippen molar-refractivity contribution in [2.45, 2.75) is 36.4 Å². The van der Waals surface area contributed by atoms with Crippen molar-refractivity contribution in [1.82, 2.24) is 4.90 Å². The number of amides is 3. The van der Waals surface area contributed by atoms with Crippen LogP contribution in [0.5, 0.6) is 5.75 Å². The molecule has 3 aromatic carbocycles. The maximum atomic E-state index is 15.1. The van der Waals surface area contributed by atoms with E-state index < -0.39 is 63.7 Å². The van der Waals surface area contributed by atoms with Gasteiger partial charge in [0.05, 0.1) is 36.6 Å². The summed E-state index contributed by atoms with van der Waals surface area (Å²) < 4.78 is 70.9. The van der Waals surface area contributed by atoms with Gasteiger partial charge in [0.15, 0.2) is 21.4 Å². The van der Waals surface area contributed by atoms with Gasteiger partial charge in [0.2, 0.25) is 11.8 Å². The zero-order valence-electron chi connectivity index (χ0n) is 25.9. The Morgan fingerprint density at radius 1 is 1.04 bits per heavy atom. The number of likely N-dealkylation sites (tertiary alicyclic amines) is 1. The van der Waals surface area contributed by atoms with Gasteiger partial charge in [-0.25, -0.2) is 26.8 Å². The van der Waals surface area contributed by atoms with Crippen LogP contribution < -0.4 is 21.1 Å². The summed E-state index contributed by atoms with van der Waals surface area (Å²) in [4.78, 5) is 51.1. The van der Waals surface area contributed by atoms with Crippen molar-refractivity contribution in [1.29, 1.82) is 0 Å². The molecule has 48 heavy (non-hydrogen) atoms. The number of hydrogen-bond acceptors (Lipinski definition) is 10. The van der Waals surface area contributed by atoms with E-state index in [2.05, 4.69) is 15.4 Å². The van der Waals surface area contributed by atoms with Gasteiger partial charge >= 0.3 is 12.2 Å². The third-order valence-electron chi connectivity index (χ3n) is 7.66. The molecule has 256 valence electrons. The van der Waals surface area contributed by atoms with E-state index in [1.807, 2.05) is 0 Å². The number of nitrogens with zero attached hydrogens (tertiary/aromatic N) is 1. The molecule has 1 heterocycles. The van der Waals surface area contributed by atoms with E-state index in [1.54, 1.807) is 0 Å². The molecule has 1 aliphatic rings. The van der Waals surface area contributed by atoms with Crippen molar-refractivity contribution in [3.63, 3.8) is 0 Å². The van der Waals surface area contributed by atoms with Crippen LogP contribution in [0, 0.1) is 11.6 Å². The van der Waals surface area contributed by atoms with E-state index in [4.69, 9.17) is 15.2 Å². The fraction of sp³-hybridized carbons (Fsp3) is 0.290. The molecule has 1 aliphatic heterocycles. The van der Waals surface area contributed by atoms with Crippen LogP contribution in [-0.4, -0.2) is 75.1 Å². The minimum atomic E-state index is -4.02. The second-order valence-electron chi connectivity index (χ2n) is 10.5. The Kier molecular flexibility index (Phi) is 10.7. The van der Waals surface area contributed by atoms with Crippen LogP contribution in [0.2, 0.25) is 0 Å². The van der Waals surface area contributed by atoms with Crippen LogP contribution in [0.25, 0.3) is 0 Å². The molecular formula is C31H32F2N4O10S. The Labute approximate surface area is 273 Å². The molecule has 0 aromatic heterocycles. The Morgan fingerprint density at radius 2 is 1.75 bits per heavy atom. The molecule has 0 saturated carbocycles. The lowest BCUT2D eigenvalue weighted by atomic mass is 9.99. The average Bonchev–Trinajstić information content (AvgIpc) is 3.46. The number of carbonyl (C=O) groups is 4. The first-order valence-electron chi connectivity index (χ1n) is 14.3. The molecule has 14 nitrogen and oxygen atoms in total. The highest BCUT2D eigenvalue weighted by atomic mass is 32.2. The molecule has 3 atom stereocenters. The van der Waals surface area contributed by atoms with Crippen LogP contribution in [-0.2, 0) is 24.1 Å². The zero-order chi connectivity index (χ0) is 35.3. The number of nitrogens with two attached hydrogens (primary N) is 1. The summed E-state index contributed by atoms with van der Waals surface area (Å²) in [6.07, 6.45) is -3.98. The van der Waals surface area contributed by atoms with Crippen LogP contribution in [0.3, 0.4) is 0 Å². The maximum absolute atomic E-state index is 15.1. The van der Waals surface area contributed by atoms with Crippen molar-refractivity contribution >= 4 is 45.3 Å². The van der Waals surface area contributed by atoms with E-state index >= 15 is 4.39 Å². The monoisotopic (exact) mass is 690 g/mol. The molecule has 1 saturated heterocycles. The number of hydrogen-bond donors (Lipinski definition) is 4. The van der Waals surface area contributed by atoms with Gasteiger partial charge in [0.25, 0.3) is 0 Å². The van der Waals surface area contributed by atoms with Crippen LogP contribution in [0.15, 0.2) is 59.5 Å². The lowest BCUT2D eigenvalue weighted by Crippen LogP contribution is -2.40. The second kappa shape index (κ2) is 14.5. The van der Waals surface area contributed by atoms with E-state index in [9.17, 15) is 37.1 Å². The summed E-state index contributed by atoms with van der Waals surface area (Å²) >= 11 is 0. The number of anilines is 2. The number of carboxylic acid groups (broad SMARTS) is 1. The fourth-order valence-electron chi connectivity index (χ4n) is 5.35. The van der Waals surface area contributed by atoms with Crippen LogP contribution in [0.4, 0.5) is 29.7 Å². The van der Waals surface area contributed by atoms with Crippen molar-refractivity contribution in [2.75, 3.05) is 37.2 Å². The van der Waals surface area contributed by atoms with Crippen LogP contribution >= 0.6 is 0 Å². The van der Waals surface area contributed by atoms with Gasteiger partial charge in [0.1, 0.15) is 18.0 Å². The van der Waals surface area contributed by atoms with Crippen molar-refractivity contribution in [3.05, 3.63) is 82.9 Å². The van der Waals surface area contributed by atoms with Gasteiger partial charge in [-0.3, -0.25) is 14.9 Å². The van der Waals surface area contributed by atoms with E-state index in [-0.39, 0.29) is 57.4 Å². The number of halogens is 2. The van der Waals surface area contributed by atoms with Gasteiger partial charge in [-0.05, 0) is 59.7 Å². The van der Waals surface area contributed by atoms with Gasteiger partial charge in [-0.1, -0.05) is 13.0 Å². The molecule has 3 amide bonds. The summed E-state index contributed by atoms with van der Waals surface area (Å²) in [5.41, 5.74) is 4.98. The number of sulfone groups is 1. The minimum absolute atomic E-state index is 0.0589.